The van der Waals surface area contributed by atoms with E-state index < -0.39 is 15.3 Å². The molecule has 8 heteroatoms. The number of hydrogen-bond acceptors (Lipinski definition) is 5. The maximum atomic E-state index is 11.9. The summed E-state index contributed by atoms with van der Waals surface area (Å²) < 4.78 is 32.9. The third kappa shape index (κ3) is 2.70. The van der Waals surface area contributed by atoms with Gasteiger partial charge in [0, 0.05) is 24.7 Å². The lowest BCUT2D eigenvalue weighted by Crippen LogP contribution is -2.32. The number of nitrogens with zero attached hydrogens (tertiary/aromatic N) is 1. The van der Waals surface area contributed by atoms with E-state index in [1.165, 1.54) is 19.1 Å². The van der Waals surface area contributed by atoms with Gasteiger partial charge in [-0.2, -0.15) is 0 Å². The number of methoxy groups -OCH3 is 2. The molecule has 0 aromatic heterocycles. The number of anilines is 1. The molecule has 1 aliphatic heterocycles. The second kappa shape index (κ2) is 5.29. The smallest absolute Gasteiger partial charge is 0.228 e. The van der Waals surface area contributed by atoms with Gasteiger partial charge in [-0.3, -0.25) is 4.79 Å². The third-order valence-corrected chi connectivity index (χ3v) is 4.48. The molecule has 1 amide bonds. The Kier molecular flexibility index (Phi) is 3.87. The molecule has 1 aliphatic rings. The maximum absolute atomic E-state index is 11.9. The van der Waals surface area contributed by atoms with E-state index in [0.717, 1.165) is 0 Å². The van der Waals surface area contributed by atoms with Crippen molar-refractivity contribution >= 4 is 21.6 Å². The van der Waals surface area contributed by atoms with E-state index in [4.69, 9.17) is 14.6 Å². The Hall–Kier alpha value is -1.80. The first-order valence-electron chi connectivity index (χ1n) is 5.91. The molecule has 7 nitrogen and oxygen atoms in total. The number of nitrogens with two attached hydrogens (primary N) is 1. The van der Waals surface area contributed by atoms with Gasteiger partial charge in [-0.1, -0.05) is 0 Å². The van der Waals surface area contributed by atoms with Crippen LogP contribution in [-0.2, 0) is 14.8 Å². The van der Waals surface area contributed by atoms with E-state index in [9.17, 15) is 13.2 Å². The molecule has 0 radical (unpaired) electrons. The number of amides is 1. The molecule has 2 N–H and O–H groups in total. The number of ether oxygens (including phenoxy) is 2. The van der Waals surface area contributed by atoms with Crippen LogP contribution in [0.5, 0.6) is 11.5 Å². The molecule has 1 atom stereocenters. The lowest BCUT2D eigenvalue weighted by Gasteiger charge is -2.18. The van der Waals surface area contributed by atoms with Crippen LogP contribution in [0.15, 0.2) is 18.2 Å². The highest BCUT2D eigenvalue weighted by molar-refractivity contribution is 7.89. The number of sulfonamides is 1. The van der Waals surface area contributed by atoms with Gasteiger partial charge in [0.15, 0.2) is 11.5 Å². The topological polar surface area (TPSA) is 98.9 Å². The van der Waals surface area contributed by atoms with Crippen LogP contribution in [0.1, 0.15) is 6.42 Å². The molecule has 20 heavy (non-hydrogen) atoms. The summed E-state index contributed by atoms with van der Waals surface area (Å²) in [5.74, 6) is 0.721. The Balaban J connectivity index is 2.31. The second-order valence-corrected chi connectivity index (χ2v) is 6.30. The number of rotatable bonds is 4. The molecule has 1 aromatic carbocycles. The van der Waals surface area contributed by atoms with Crippen LogP contribution < -0.4 is 19.5 Å². The fourth-order valence-corrected chi connectivity index (χ4v) is 2.87. The number of primary sulfonamides is 1. The normalized spacial score (nSPS) is 19.2. The van der Waals surface area contributed by atoms with Crippen LogP contribution in [0.2, 0.25) is 0 Å². The van der Waals surface area contributed by atoms with Crippen molar-refractivity contribution in [2.75, 3.05) is 25.7 Å². The average molecular weight is 300 g/mol. The van der Waals surface area contributed by atoms with Crippen LogP contribution in [0.3, 0.4) is 0 Å². The summed E-state index contributed by atoms with van der Waals surface area (Å²) in [7, 11) is -0.727. The van der Waals surface area contributed by atoms with Crippen LogP contribution in [-0.4, -0.2) is 40.3 Å². The van der Waals surface area contributed by atoms with Crippen molar-refractivity contribution < 1.29 is 22.7 Å². The van der Waals surface area contributed by atoms with Crippen molar-refractivity contribution in [3.8, 4) is 11.5 Å². The minimum atomic E-state index is -3.72. The van der Waals surface area contributed by atoms with Gasteiger partial charge in [0.2, 0.25) is 15.9 Å². The van der Waals surface area contributed by atoms with E-state index >= 15 is 0 Å². The van der Waals surface area contributed by atoms with Gasteiger partial charge in [0.25, 0.3) is 0 Å². The highest BCUT2D eigenvalue weighted by atomic mass is 32.2. The Morgan fingerprint density at radius 2 is 1.90 bits per heavy atom. The molecule has 1 fully saturated rings. The first-order valence-corrected chi connectivity index (χ1v) is 7.51. The van der Waals surface area contributed by atoms with Gasteiger partial charge >= 0.3 is 0 Å². The lowest BCUT2D eigenvalue weighted by atomic mass is 10.2. The largest absolute Gasteiger partial charge is 0.493 e. The van der Waals surface area contributed by atoms with E-state index in [1.807, 2.05) is 0 Å². The molecule has 110 valence electrons. The summed E-state index contributed by atoms with van der Waals surface area (Å²) in [4.78, 5) is 13.3. The number of benzene rings is 1. The highest BCUT2D eigenvalue weighted by Gasteiger charge is 2.37. The Morgan fingerprint density at radius 3 is 2.40 bits per heavy atom. The van der Waals surface area contributed by atoms with Crippen LogP contribution >= 0.6 is 0 Å². The zero-order valence-electron chi connectivity index (χ0n) is 11.2. The van der Waals surface area contributed by atoms with E-state index in [0.29, 0.717) is 17.2 Å². The molecule has 0 spiro atoms. The number of carbonyl (C=O) groups is 1. The number of hydrogen-bond donors (Lipinski definition) is 1. The summed E-state index contributed by atoms with van der Waals surface area (Å²) in [5.41, 5.74) is 0.554. The Bertz CT molecular complexity index is 629. The molecule has 1 heterocycles. The summed E-state index contributed by atoms with van der Waals surface area (Å²) in [6.45, 7) is 0.0488. The minimum Gasteiger partial charge on any atom is -0.493 e. The molecule has 1 unspecified atom stereocenters. The number of carbonyl (C=O) groups excluding carboxylic acids is 1. The van der Waals surface area contributed by atoms with Gasteiger partial charge < -0.3 is 14.4 Å². The summed E-state index contributed by atoms with van der Waals surface area (Å²) >= 11 is 0. The van der Waals surface area contributed by atoms with Gasteiger partial charge in [-0.25, -0.2) is 13.6 Å². The predicted molar refractivity (Wildman–Crippen MR) is 73.4 cm³/mol. The average Bonchev–Trinajstić information content (AvgIpc) is 2.80. The second-order valence-electron chi connectivity index (χ2n) is 4.46. The van der Waals surface area contributed by atoms with Crippen molar-refractivity contribution in [2.45, 2.75) is 11.7 Å². The monoisotopic (exact) mass is 300 g/mol. The summed E-state index contributed by atoms with van der Waals surface area (Å²) in [6, 6.07) is 4.96. The standard InChI is InChI=1S/C12H16N2O5S/c1-18-10-4-3-8(5-11(10)19-2)14-7-9(6-12(14)15)20(13,16)17/h3-5,9H,6-7H2,1-2H3,(H2,13,16,17). The zero-order valence-corrected chi connectivity index (χ0v) is 12.0. The van der Waals surface area contributed by atoms with Crippen LogP contribution in [0, 0.1) is 0 Å². The van der Waals surface area contributed by atoms with Gasteiger partial charge in [0.1, 0.15) is 5.25 Å². The van der Waals surface area contributed by atoms with Gasteiger partial charge in [0.05, 0.1) is 14.2 Å². The van der Waals surface area contributed by atoms with Crippen LogP contribution in [0.25, 0.3) is 0 Å². The SMILES string of the molecule is COc1ccc(N2CC(S(N)(=O)=O)CC2=O)cc1OC. The zero-order chi connectivity index (χ0) is 14.9. The molecule has 1 saturated heterocycles. The lowest BCUT2D eigenvalue weighted by molar-refractivity contribution is -0.117. The van der Waals surface area contributed by atoms with Gasteiger partial charge in [-0.05, 0) is 12.1 Å². The van der Waals surface area contributed by atoms with Crippen LogP contribution in [0.4, 0.5) is 5.69 Å². The van der Waals surface area contributed by atoms with Crippen molar-refractivity contribution in [2.24, 2.45) is 5.14 Å². The first-order chi connectivity index (χ1) is 9.36. The first kappa shape index (κ1) is 14.6. The Labute approximate surface area is 117 Å². The highest BCUT2D eigenvalue weighted by Crippen LogP contribution is 2.33. The van der Waals surface area contributed by atoms with E-state index in [2.05, 4.69) is 0 Å². The van der Waals surface area contributed by atoms with E-state index in [1.54, 1.807) is 18.2 Å². The Morgan fingerprint density at radius 1 is 1.25 bits per heavy atom. The van der Waals surface area contributed by atoms with Crippen molar-refractivity contribution in [3.05, 3.63) is 18.2 Å². The fraction of sp³-hybridized carbons (Fsp3) is 0.417. The molecular formula is C12H16N2O5S. The fourth-order valence-electron chi connectivity index (χ4n) is 2.14. The predicted octanol–water partition coefficient (Wildman–Crippen LogP) is 0.0976. The molecule has 1 aromatic rings. The van der Waals surface area contributed by atoms with Crippen molar-refractivity contribution in [1.82, 2.24) is 0 Å². The van der Waals surface area contributed by atoms with E-state index in [-0.39, 0.29) is 18.9 Å². The van der Waals surface area contributed by atoms with Crippen molar-refractivity contribution in [1.29, 1.82) is 0 Å². The summed E-state index contributed by atoms with van der Waals surface area (Å²) in [5, 5.41) is 4.22. The molecule has 2 rings (SSSR count). The summed E-state index contributed by atoms with van der Waals surface area (Å²) in [6.07, 6.45) is -0.104. The quantitative estimate of drug-likeness (QED) is 0.850. The third-order valence-electron chi connectivity index (χ3n) is 3.23. The molecular weight excluding hydrogens is 284 g/mol. The molecule has 0 saturated carbocycles. The van der Waals surface area contributed by atoms with Gasteiger partial charge in [-0.15, -0.1) is 0 Å². The maximum Gasteiger partial charge on any atom is 0.228 e. The van der Waals surface area contributed by atoms with Crippen molar-refractivity contribution in [3.63, 3.8) is 0 Å². The minimum absolute atomic E-state index is 0.0488. The molecule has 0 bridgehead atoms. The molecule has 0 aliphatic carbocycles.